The van der Waals surface area contributed by atoms with Crippen molar-refractivity contribution in [2.45, 2.75) is 38.8 Å². The third-order valence-electron chi connectivity index (χ3n) is 10.1. The van der Waals surface area contributed by atoms with Crippen molar-refractivity contribution < 1.29 is 65.5 Å². The maximum absolute atomic E-state index is 14.2. The second kappa shape index (κ2) is 18.4. The number of anilines is 2. The van der Waals surface area contributed by atoms with Crippen molar-refractivity contribution in [1.29, 1.82) is 0 Å². The van der Waals surface area contributed by atoms with Crippen LogP contribution in [0.3, 0.4) is 0 Å². The van der Waals surface area contributed by atoms with Crippen molar-refractivity contribution in [3.05, 3.63) is 64.8 Å². The molecule has 0 aliphatic carbocycles. The van der Waals surface area contributed by atoms with E-state index in [0.717, 1.165) is 53.9 Å². The molecule has 16 nitrogen and oxygen atoms in total. The molecule has 0 bridgehead atoms. The van der Waals surface area contributed by atoms with E-state index in [1.807, 2.05) is 11.8 Å². The molecule has 2 saturated heterocycles. The van der Waals surface area contributed by atoms with Gasteiger partial charge in [0.05, 0.1) is 61.8 Å². The fraction of sp³-hybridized carbons (Fsp3) is 0.459. The van der Waals surface area contributed by atoms with Gasteiger partial charge >= 0.3 is 12.3 Å². The molecular weight excluding hydrogens is 898 g/mol. The number of unbranched alkanes of at least 4 members (excludes halogenated alkanes) is 1. The number of halogens is 5. The van der Waals surface area contributed by atoms with E-state index >= 15 is 0 Å². The first-order valence-corrected chi connectivity index (χ1v) is 18.9. The number of ether oxygens (including phenoxy) is 1. The number of alkyl halides is 3. The second-order valence-electron chi connectivity index (χ2n) is 14.7. The molecule has 0 saturated carbocycles. The lowest BCUT2D eigenvalue weighted by Crippen LogP contribution is -3.00. The lowest BCUT2D eigenvalue weighted by atomic mass is 9.94. The summed E-state index contributed by atoms with van der Waals surface area (Å²) in [4.78, 5) is 59.4. The molecule has 312 valence electrons. The molecular formula is C37H44ClF3IN11O5. The summed E-state index contributed by atoms with van der Waals surface area (Å²) in [5.41, 5.74) is -1.26. The lowest BCUT2D eigenvalue weighted by molar-refractivity contribution is -0.895. The van der Waals surface area contributed by atoms with Gasteiger partial charge in [0.1, 0.15) is 0 Å². The van der Waals surface area contributed by atoms with E-state index in [4.69, 9.17) is 16.3 Å². The van der Waals surface area contributed by atoms with Crippen LogP contribution in [0.4, 0.5) is 29.5 Å². The van der Waals surface area contributed by atoms with E-state index in [2.05, 4.69) is 45.0 Å². The van der Waals surface area contributed by atoms with E-state index in [0.29, 0.717) is 32.6 Å². The molecule has 4 amide bonds. The number of piperazine rings is 1. The molecule has 0 unspecified atom stereocenters. The van der Waals surface area contributed by atoms with E-state index in [9.17, 15) is 32.3 Å². The van der Waals surface area contributed by atoms with Crippen LogP contribution in [0.15, 0.2) is 42.7 Å². The molecule has 1 aromatic carbocycles. The fourth-order valence-corrected chi connectivity index (χ4v) is 7.01. The molecule has 21 heteroatoms. The van der Waals surface area contributed by atoms with Gasteiger partial charge in [-0.05, 0) is 36.8 Å². The zero-order chi connectivity index (χ0) is 41.1. The Morgan fingerprint density at radius 1 is 0.983 bits per heavy atom. The Labute approximate surface area is 354 Å². The second-order valence-corrected chi connectivity index (χ2v) is 15.1. The quantitative estimate of drug-likeness (QED) is 0.138. The standard InChI is InChI=1S/C37H43ClF3N11O5.HI/c1-5-6-19-57-36(56)44-29-9-10-30(46-45-29)51-22-26(31(47-51)37(39,40)41)28-21-42-32(48(28)2)33(53)43-24-7-8-25(27(38)20-24)35(55)50-15-13-49(14-16-50)34(54)23-11-17-52(3,4)18-12-23;/h7-10,20-23H,5-6,11-19H2,1-4H3,(H-,43,44,45,53,55,56);1H. The Morgan fingerprint density at radius 3 is 2.29 bits per heavy atom. The van der Waals surface area contributed by atoms with Crippen molar-refractivity contribution in [2.75, 3.05) is 70.6 Å². The Kier molecular flexibility index (Phi) is 14.0. The molecule has 5 heterocycles. The first-order valence-electron chi connectivity index (χ1n) is 18.5. The summed E-state index contributed by atoms with van der Waals surface area (Å²) in [6, 6.07) is 7.04. The summed E-state index contributed by atoms with van der Waals surface area (Å²) >= 11 is 6.52. The number of nitrogens with zero attached hydrogens (tertiary/aromatic N) is 9. The van der Waals surface area contributed by atoms with Crippen LogP contribution in [0.25, 0.3) is 17.1 Å². The Balaban J connectivity index is 0.00000641. The van der Waals surface area contributed by atoms with Crippen molar-refractivity contribution >= 4 is 46.9 Å². The van der Waals surface area contributed by atoms with E-state index in [1.165, 1.54) is 41.9 Å². The molecule has 2 fully saturated rings. The molecule has 6 rings (SSSR count). The number of quaternary nitrogens is 1. The number of piperidine rings is 1. The van der Waals surface area contributed by atoms with E-state index < -0.39 is 23.9 Å². The average Bonchev–Trinajstić information content (AvgIpc) is 3.79. The minimum Gasteiger partial charge on any atom is -1.00 e. The fourth-order valence-electron chi connectivity index (χ4n) is 6.75. The van der Waals surface area contributed by atoms with Crippen LogP contribution in [0.1, 0.15) is 59.3 Å². The number of imidazole rings is 1. The third kappa shape index (κ3) is 10.2. The van der Waals surface area contributed by atoms with Gasteiger partial charge in [0.15, 0.2) is 23.2 Å². The first-order chi connectivity index (χ1) is 27.0. The van der Waals surface area contributed by atoms with Gasteiger partial charge in [-0.15, -0.1) is 10.2 Å². The van der Waals surface area contributed by atoms with E-state index in [1.54, 1.807) is 4.90 Å². The number of hydrogen-bond acceptors (Lipinski definition) is 9. The Hall–Kier alpha value is -4.83. The number of carbonyl (C=O) groups is 4. The molecule has 0 atom stereocenters. The highest BCUT2D eigenvalue weighted by Crippen LogP contribution is 2.37. The Morgan fingerprint density at radius 2 is 1.67 bits per heavy atom. The van der Waals surface area contributed by atoms with Crippen LogP contribution in [0.5, 0.6) is 0 Å². The highest BCUT2D eigenvalue weighted by atomic mass is 127. The van der Waals surface area contributed by atoms with Crippen LogP contribution >= 0.6 is 11.6 Å². The molecule has 3 aromatic heterocycles. The molecule has 0 spiro atoms. The van der Waals surface area contributed by atoms with Crippen LogP contribution < -0.4 is 34.6 Å². The lowest BCUT2D eigenvalue weighted by Gasteiger charge is -2.40. The van der Waals surface area contributed by atoms with Gasteiger partial charge in [0.25, 0.3) is 11.8 Å². The molecule has 0 radical (unpaired) electrons. The molecule has 2 aliphatic heterocycles. The van der Waals surface area contributed by atoms with E-state index in [-0.39, 0.29) is 93.3 Å². The minimum absolute atomic E-state index is 0. The Bertz CT molecular complexity index is 2130. The number of hydrogen-bond donors (Lipinski definition) is 2. The predicted octanol–water partition coefficient (Wildman–Crippen LogP) is 2.11. The van der Waals surface area contributed by atoms with Crippen molar-refractivity contribution in [3.8, 4) is 17.1 Å². The largest absolute Gasteiger partial charge is 1.00 e. The number of benzene rings is 1. The predicted molar refractivity (Wildman–Crippen MR) is 203 cm³/mol. The monoisotopic (exact) mass is 941 g/mol. The number of nitrogens with one attached hydrogen (secondary N) is 2. The van der Waals surface area contributed by atoms with Crippen LogP contribution in [0.2, 0.25) is 5.02 Å². The summed E-state index contributed by atoms with van der Waals surface area (Å²) in [6.45, 7) is 5.65. The van der Waals surface area contributed by atoms with Gasteiger partial charge in [0, 0.05) is 63.9 Å². The molecule has 4 aromatic rings. The molecule has 2 aliphatic rings. The average molecular weight is 942 g/mol. The summed E-state index contributed by atoms with van der Waals surface area (Å²) < 4.78 is 50.7. The van der Waals surface area contributed by atoms with Gasteiger partial charge in [0.2, 0.25) is 5.91 Å². The number of aromatic nitrogens is 6. The number of amides is 4. The molecule has 2 N–H and O–H groups in total. The summed E-state index contributed by atoms with van der Waals surface area (Å²) in [7, 11) is 5.72. The smallest absolute Gasteiger partial charge is 0.435 e. The van der Waals surface area contributed by atoms with Crippen molar-refractivity contribution in [2.24, 2.45) is 13.0 Å². The van der Waals surface area contributed by atoms with Gasteiger partial charge in [-0.3, -0.25) is 19.7 Å². The van der Waals surface area contributed by atoms with Gasteiger partial charge in [-0.25, -0.2) is 14.5 Å². The maximum atomic E-state index is 14.2. The maximum Gasteiger partial charge on any atom is 0.435 e. The normalized spacial score (nSPS) is 15.7. The minimum atomic E-state index is -4.89. The van der Waals surface area contributed by atoms with Gasteiger partial charge in [-0.2, -0.15) is 18.3 Å². The molecule has 58 heavy (non-hydrogen) atoms. The summed E-state index contributed by atoms with van der Waals surface area (Å²) in [6.07, 6.45) is -0.222. The van der Waals surface area contributed by atoms with Crippen molar-refractivity contribution in [3.63, 3.8) is 0 Å². The zero-order valence-corrected chi connectivity index (χ0v) is 35.3. The third-order valence-corrected chi connectivity index (χ3v) is 10.5. The SMILES string of the molecule is CCCCOC(=O)Nc1ccc(-n2cc(-c3cnc(C(=O)Nc4ccc(C(=O)N5CCN(C(=O)C6CC[N+](C)(C)CC6)CC5)c(Cl)c4)n3C)c(C(F)(F)F)n2)nn1.[I-]. The van der Waals surface area contributed by atoms with Gasteiger partial charge in [-0.1, -0.05) is 24.9 Å². The summed E-state index contributed by atoms with van der Waals surface area (Å²) in [5, 5.41) is 16.5. The summed E-state index contributed by atoms with van der Waals surface area (Å²) in [5.74, 6) is -1.17. The van der Waals surface area contributed by atoms with Crippen LogP contribution in [0, 0.1) is 5.92 Å². The number of rotatable bonds is 10. The number of likely N-dealkylation sites (tertiary alicyclic amines) is 1. The number of carbonyl (C=O) groups excluding carboxylic acids is 4. The highest BCUT2D eigenvalue weighted by Gasteiger charge is 2.39. The van der Waals surface area contributed by atoms with Gasteiger partial charge < -0.3 is 52.9 Å². The van der Waals surface area contributed by atoms with Crippen molar-refractivity contribution in [1.82, 2.24) is 39.3 Å². The zero-order valence-electron chi connectivity index (χ0n) is 32.4. The highest BCUT2D eigenvalue weighted by molar-refractivity contribution is 6.34. The van der Waals surface area contributed by atoms with Crippen LogP contribution in [-0.4, -0.2) is 128 Å². The van der Waals surface area contributed by atoms with Crippen LogP contribution in [-0.2, 0) is 22.8 Å². The first kappa shape index (κ1) is 44.3. The topological polar surface area (TPSA) is 169 Å².